The number of aromatic amines is 1. The van der Waals surface area contributed by atoms with Crippen LogP contribution in [0.3, 0.4) is 0 Å². The van der Waals surface area contributed by atoms with Crippen LogP contribution in [0.25, 0.3) is 0 Å². The Kier molecular flexibility index (Phi) is 5.14. The number of carbonyl (C=O) groups is 1. The molecule has 1 aromatic carbocycles. The van der Waals surface area contributed by atoms with Crippen molar-refractivity contribution in [2.45, 2.75) is 51.9 Å². The molecule has 0 bridgehead atoms. The maximum atomic E-state index is 11.2. The zero-order chi connectivity index (χ0) is 17.0. The maximum absolute atomic E-state index is 11.2. The number of benzene rings is 1. The third-order valence-electron chi connectivity index (χ3n) is 4.53. The molecule has 0 aliphatic carbocycles. The van der Waals surface area contributed by atoms with E-state index in [-0.39, 0.29) is 16.9 Å². The number of H-pyrrole nitrogens is 1. The number of aromatic hydroxyl groups is 1. The number of aryl methyl sites for hydroxylation is 1. The monoisotopic (exact) mass is 315 g/mol. The van der Waals surface area contributed by atoms with Crippen LogP contribution in [-0.4, -0.2) is 21.2 Å². The van der Waals surface area contributed by atoms with Crippen LogP contribution in [0, 0.1) is 6.92 Å². The average molecular weight is 315 g/mol. The molecule has 0 aliphatic heterocycles. The quantitative estimate of drug-likeness (QED) is 0.698. The van der Waals surface area contributed by atoms with Gasteiger partial charge in [0.25, 0.3) is 0 Å². The summed E-state index contributed by atoms with van der Waals surface area (Å²) in [5.74, 6) is -0.659. The molecule has 0 fully saturated rings. The van der Waals surface area contributed by atoms with Crippen LogP contribution in [0.1, 0.15) is 66.8 Å². The van der Waals surface area contributed by atoms with Crippen LogP contribution < -0.4 is 0 Å². The molecule has 1 heterocycles. The van der Waals surface area contributed by atoms with E-state index in [1.54, 1.807) is 12.1 Å². The zero-order valence-electron chi connectivity index (χ0n) is 14.0. The highest BCUT2D eigenvalue weighted by Gasteiger charge is 2.34. The zero-order valence-corrected chi connectivity index (χ0v) is 14.0. The van der Waals surface area contributed by atoms with E-state index in [1.807, 2.05) is 25.1 Å². The van der Waals surface area contributed by atoms with E-state index in [0.29, 0.717) is 0 Å². The molecule has 0 radical (unpaired) electrons. The standard InChI is InChI=1S/C19H25NO3/c1-4-10-19(11-5-2,14-6-8-16(21)13(3)12-14)17-9-7-15(20-17)18(22)23/h6-9,12,20-21H,4-5,10-11H2,1-3H3,(H,22,23). The van der Waals surface area contributed by atoms with Gasteiger partial charge in [-0.15, -0.1) is 0 Å². The second kappa shape index (κ2) is 6.90. The number of nitrogens with one attached hydrogen (secondary N) is 1. The summed E-state index contributed by atoms with van der Waals surface area (Å²) in [7, 11) is 0. The van der Waals surface area contributed by atoms with Gasteiger partial charge in [-0.3, -0.25) is 0 Å². The first-order valence-electron chi connectivity index (χ1n) is 8.17. The number of phenolic OH excluding ortho intramolecular Hbond substituents is 1. The lowest BCUT2D eigenvalue weighted by Crippen LogP contribution is -2.28. The number of aromatic nitrogens is 1. The molecule has 0 saturated heterocycles. The van der Waals surface area contributed by atoms with E-state index in [4.69, 9.17) is 0 Å². The van der Waals surface area contributed by atoms with Gasteiger partial charge >= 0.3 is 5.97 Å². The molecule has 1 aromatic heterocycles. The minimum Gasteiger partial charge on any atom is -0.508 e. The molecule has 4 heteroatoms. The maximum Gasteiger partial charge on any atom is 0.352 e. The average Bonchev–Trinajstić information content (AvgIpc) is 3.00. The summed E-state index contributed by atoms with van der Waals surface area (Å²) in [6, 6.07) is 9.21. The SMILES string of the molecule is CCCC(CCC)(c1ccc(O)c(C)c1)c1ccc(C(=O)O)[nH]1. The summed E-state index contributed by atoms with van der Waals surface area (Å²) in [5, 5.41) is 19.0. The van der Waals surface area contributed by atoms with E-state index in [0.717, 1.165) is 42.5 Å². The molecule has 4 nitrogen and oxygen atoms in total. The van der Waals surface area contributed by atoms with Crippen LogP contribution in [-0.2, 0) is 5.41 Å². The lowest BCUT2D eigenvalue weighted by Gasteiger charge is -2.34. The second-order valence-electron chi connectivity index (χ2n) is 6.17. The highest BCUT2D eigenvalue weighted by molar-refractivity contribution is 5.85. The Hall–Kier alpha value is -2.23. The van der Waals surface area contributed by atoms with E-state index in [1.165, 1.54) is 0 Å². The Morgan fingerprint density at radius 2 is 1.78 bits per heavy atom. The summed E-state index contributed by atoms with van der Waals surface area (Å²) < 4.78 is 0. The molecule has 0 aliphatic rings. The van der Waals surface area contributed by atoms with Crippen molar-refractivity contribution in [3.05, 3.63) is 52.8 Å². The van der Waals surface area contributed by atoms with Gasteiger partial charge in [0.2, 0.25) is 0 Å². The van der Waals surface area contributed by atoms with Crippen molar-refractivity contribution in [1.29, 1.82) is 0 Å². The number of hydrogen-bond donors (Lipinski definition) is 3. The van der Waals surface area contributed by atoms with Gasteiger partial charge in [0.05, 0.1) is 0 Å². The molecule has 23 heavy (non-hydrogen) atoms. The van der Waals surface area contributed by atoms with Crippen molar-refractivity contribution in [2.24, 2.45) is 0 Å². The van der Waals surface area contributed by atoms with Crippen LogP contribution >= 0.6 is 0 Å². The first-order valence-corrected chi connectivity index (χ1v) is 8.17. The summed E-state index contributed by atoms with van der Waals surface area (Å²) in [4.78, 5) is 14.3. The second-order valence-corrected chi connectivity index (χ2v) is 6.17. The summed E-state index contributed by atoms with van der Waals surface area (Å²) in [5.41, 5.74) is 2.85. The summed E-state index contributed by atoms with van der Waals surface area (Å²) in [6.07, 6.45) is 3.82. The van der Waals surface area contributed by atoms with Gasteiger partial charge in [0.15, 0.2) is 0 Å². The van der Waals surface area contributed by atoms with E-state index in [9.17, 15) is 15.0 Å². The van der Waals surface area contributed by atoms with Crippen molar-refractivity contribution in [1.82, 2.24) is 4.98 Å². The molecule has 3 N–H and O–H groups in total. The number of carboxylic acid groups (broad SMARTS) is 1. The predicted molar refractivity (Wildman–Crippen MR) is 91.2 cm³/mol. The Balaban J connectivity index is 2.61. The molecule has 124 valence electrons. The number of carboxylic acids is 1. The number of rotatable bonds is 7. The fourth-order valence-corrected chi connectivity index (χ4v) is 3.44. The third kappa shape index (κ3) is 3.26. The lowest BCUT2D eigenvalue weighted by atomic mass is 9.70. The first-order chi connectivity index (χ1) is 10.9. The normalized spacial score (nSPS) is 11.6. The highest BCUT2D eigenvalue weighted by atomic mass is 16.4. The van der Waals surface area contributed by atoms with Crippen molar-refractivity contribution in [2.75, 3.05) is 0 Å². The fourth-order valence-electron chi connectivity index (χ4n) is 3.44. The smallest absolute Gasteiger partial charge is 0.352 e. The van der Waals surface area contributed by atoms with Gasteiger partial charge in [-0.05, 0) is 49.1 Å². The predicted octanol–water partition coefficient (Wildman–Crippen LogP) is 4.61. The molecule has 0 saturated carbocycles. The van der Waals surface area contributed by atoms with Crippen molar-refractivity contribution in [3.63, 3.8) is 0 Å². The Morgan fingerprint density at radius 1 is 1.13 bits per heavy atom. The Morgan fingerprint density at radius 3 is 2.26 bits per heavy atom. The van der Waals surface area contributed by atoms with Gasteiger partial charge in [-0.2, -0.15) is 0 Å². The number of phenols is 1. The summed E-state index contributed by atoms with van der Waals surface area (Å²) >= 11 is 0. The van der Waals surface area contributed by atoms with Gasteiger partial charge in [-0.1, -0.05) is 38.8 Å². The molecule has 0 unspecified atom stereocenters. The first kappa shape index (κ1) is 17.1. The molecule has 0 atom stereocenters. The molecule has 2 aromatic rings. The minimum absolute atomic E-state index is 0.215. The lowest BCUT2D eigenvalue weighted by molar-refractivity contribution is 0.0691. The topological polar surface area (TPSA) is 73.3 Å². The van der Waals surface area contributed by atoms with E-state index >= 15 is 0 Å². The molecular weight excluding hydrogens is 290 g/mol. The largest absolute Gasteiger partial charge is 0.508 e. The minimum atomic E-state index is -0.944. The van der Waals surface area contributed by atoms with Crippen LogP contribution in [0.15, 0.2) is 30.3 Å². The van der Waals surface area contributed by atoms with Gasteiger partial charge in [0.1, 0.15) is 11.4 Å². The Bertz CT molecular complexity index is 682. The van der Waals surface area contributed by atoms with Gasteiger partial charge < -0.3 is 15.2 Å². The van der Waals surface area contributed by atoms with E-state index < -0.39 is 5.97 Å². The van der Waals surface area contributed by atoms with Gasteiger partial charge in [-0.25, -0.2) is 4.79 Å². The van der Waals surface area contributed by atoms with Crippen LogP contribution in [0.2, 0.25) is 0 Å². The fraction of sp³-hybridized carbons (Fsp3) is 0.421. The highest BCUT2D eigenvalue weighted by Crippen LogP contribution is 2.41. The van der Waals surface area contributed by atoms with Crippen LogP contribution in [0.4, 0.5) is 0 Å². The molecule has 0 spiro atoms. The van der Waals surface area contributed by atoms with Crippen molar-refractivity contribution in [3.8, 4) is 5.75 Å². The summed E-state index contributed by atoms with van der Waals surface area (Å²) in [6.45, 7) is 6.16. The molecule has 0 amide bonds. The van der Waals surface area contributed by atoms with Crippen molar-refractivity contribution >= 4 is 5.97 Å². The molecular formula is C19H25NO3. The number of aromatic carboxylic acids is 1. The van der Waals surface area contributed by atoms with Crippen molar-refractivity contribution < 1.29 is 15.0 Å². The molecule has 2 rings (SSSR count). The van der Waals surface area contributed by atoms with Gasteiger partial charge in [0, 0.05) is 11.1 Å². The Labute approximate surface area is 137 Å². The number of hydrogen-bond acceptors (Lipinski definition) is 2. The third-order valence-corrected chi connectivity index (χ3v) is 4.53. The van der Waals surface area contributed by atoms with E-state index in [2.05, 4.69) is 18.8 Å². The van der Waals surface area contributed by atoms with Crippen LogP contribution in [0.5, 0.6) is 5.75 Å².